The highest BCUT2D eigenvalue weighted by molar-refractivity contribution is 7.99. The van der Waals surface area contributed by atoms with Crippen LogP contribution in [0.2, 0.25) is 0 Å². The molecule has 10 heteroatoms. The number of aryl methyl sites for hydroxylation is 1. The zero-order valence-corrected chi connectivity index (χ0v) is 22.0. The van der Waals surface area contributed by atoms with Gasteiger partial charge in [-0.05, 0) is 79.3 Å². The summed E-state index contributed by atoms with van der Waals surface area (Å²) in [5.41, 5.74) is 2.96. The first-order valence-corrected chi connectivity index (χ1v) is 14.3. The van der Waals surface area contributed by atoms with E-state index in [-0.39, 0.29) is 12.1 Å². The fourth-order valence-electron chi connectivity index (χ4n) is 4.19. The van der Waals surface area contributed by atoms with E-state index in [0.717, 1.165) is 38.9 Å². The molecule has 0 bridgehead atoms. The average molecular weight is 537 g/mol. The number of rotatable bonds is 7. The molecule has 0 aliphatic carbocycles. The van der Waals surface area contributed by atoms with E-state index in [4.69, 9.17) is 16.6 Å². The summed E-state index contributed by atoms with van der Waals surface area (Å²) in [5, 5.41) is 4.73. The van der Waals surface area contributed by atoms with Crippen LogP contribution in [0.3, 0.4) is 0 Å². The predicted molar refractivity (Wildman–Crippen MR) is 147 cm³/mol. The van der Waals surface area contributed by atoms with Crippen molar-refractivity contribution in [2.45, 2.75) is 29.0 Å². The number of hydrogen-bond acceptors (Lipinski definition) is 6. The van der Waals surface area contributed by atoms with Crippen LogP contribution < -0.4 is 14.9 Å². The topological polar surface area (TPSA) is 87.5 Å². The Kier molecular flexibility index (Phi) is 6.74. The monoisotopic (exact) mass is 536 g/mol. The van der Waals surface area contributed by atoms with Crippen LogP contribution in [-0.4, -0.2) is 24.8 Å². The van der Waals surface area contributed by atoms with Crippen LogP contribution in [-0.2, 0) is 10.0 Å². The summed E-state index contributed by atoms with van der Waals surface area (Å²) < 4.78 is 32.4. The fraction of sp³-hybridized carbons (Fsp3) is 0.154. The third kappa shape index (κ3) is 5.25. The summed E-state index contributed by atoms with van der Waals surface area (Å²) >= 11 is 7.33. The summed E-state index contributed by atoms with van der Waals surface area (Å²) in [6, 6.07) is 24.7. The lowest BCUT2D eigenvalue weighted by atomic mass is 10.0. The molecular weight excluding hydrogens is 513 g/mol. The van der Waals surface area contributed by atoms with E-state index in [2.05, 4.69) is 15.0 Å². The Labute approximate surface area is 220 Å². The maximum atomic E-state index is 11.7. The Morgan fingerprint density at radius 2 is 1.83 bits per heavy atom. The van der Waals surface area contributed by atoms with Crippen molar-refractivity contribution in [1.29, 1.82) is 0 Å². The average Bonchev–Trinajstić information content (AvgIpc) is 3.44. The van der Waals surface area contributed by atoms with Crippen LogP contribution in [0.15, 0.2) is 99.5 Å². The maximum absolute atomic E-state index is 11.7. The van der Waals surface area contributed by atoms with Gasteiger partial charge in [-0.3, -0.25) is 9.71 Å². The normalized spacial score (nSPS) is 17.7. The van der Waals surface area contributed by atoms with Crippen molar-refractivity contribution in [3.8, 4) is 0 Å². The van der Waals surface area contributed by atoms with Crippen molar-refractivity contribution in [1.82, 2.24) is 10.3 Å². The van der Waals surface area contributed by atoms with Gasteiger partial charge >= 0.3 is 0 Å². The van der Waals surface area contributed by atoms with Crippen LogP contribution in [0.4, 0.5) is 11.4 Å². The van der Waals surface area contributed by atoms with E-state index in [0.29, 0.717) is 10.8 Å². The van der Waals surface area contributed by atoms with Gasteiger partial charge in [-0.15, -0.1) is 0 Å². The van der Waals surface area contributed by atoms with Gasteiger partial charge in [0, 0.05) is 16.8 Å². The highest BCUT2D eigenvalue weighted by atomic mass is 32.2. The lowest BCUT2D eigenvalue weighted by Crippen LogP contribution is -2.29. The molecular formula is C26H24N4O3S3. The third-order valence-corrected chi connectivity index (χ3v) is 7.57. The second kappa shape index (κ2) is 9.96. The number of anilines is 2. The fourth-order valence-corrected chi connectivity index (χ4v) is 5.96. The van der Waals surface area contributed by atoms with Crippen LogP contribution >= 0.6 is 24.0 Å². The molecule has 2 N–H and O–H groups in total. The molecule has 0 radical (unpaired) electrons. The molecule has 1 saturated heterocycles. The summed E-state index contributed by atoms with van der Waals surface area (Å²) in [6.45, 7) is 1.86. The number of furan rings is 1. The Bertz CT molecular complexity index is 1490. The summed E-state index contributed by atoms with van der Waals surface area (Å²) in [6.07, 6.45) is 2.89. The molecule has 0 spiro atoms. The zero-order valence-electron chi connectivity index (χ0n) is 19.6. The smallest absolute Gasteiger partial charge is 0.229 e. The number of nitrogens with one attached hydrogen (secondary N) is 2. The maximum Gasteiger partial charge on any atom is 0.229 e. The standard InChI is InChI=1S/C26H24N4O3S3/c1-17-16-18(11-12-20(17)29-36(2,31)32)30-25(24(28-26(30)34)21-10-6-7-15-27-21)22-13-14-23(33-22)35-19-8-4-3-5-9-19/h3-16,24-25,29H,1-2H3,(H,28,34)/t24-,25+/m1/s1. The quantitative estimate of drug-likeness (QED) is 0.292. The first kappa shape index (κ1) is 24.4. The molecule has 2 aromatic carbocycles. The molecule has 0 unspecified atom stereocenters. The summed E-state index contributed by atoms with van der Waals surface area (Å²) in [7, 11) is -3.39. The molecule has 3 heterocycles. The van der Waals surface area contributed by atoms with Gasteiger partial charge in [0.15, 0.2) is 10.2 Å². The summed E-state index contributed by atoms with van der Waals surface area (Å²) in [5.74, 6) is 0.743. The van der Waals surface area contributed by atoms with E-state index in [9.17, 15) is 8.42 Å². The van der Waals surface area contributed by atoms with E-state index in [1.54, 1.807) is 24.0 Å². The van der Waals surface area contributed by atoms with Crippen molar-refractivity contribution in [2.24, 2.45) is 0 Å². The Hall–Kier alpha value is -3.34. The summed E-state index contributed by atoms with van der Waals surface area (Å²) in [4.78, 5) is 7.66. The minimum absolute atomic E-state index is 0.242. The molecule has 0 saturated carbocycles. The van der Waals surface area contributed by atoms with Crippen LogP contribution in [0, 0.1) is 6.92 Å². The van der Waals surface area contributed by atoms with Gasteiger partial charge in [0.05, 0.1) is 23.7 Å². The minimum Gasteiger partial charge on any atom is -0.452 e. The van der Waals surface area contributed by atoms with E-state index < -0.39 is 10.0 Å². The largest absolute Gasteiger partial charge is 0.452 e. The molecule has 1 aliphatic rings. The SMILES string of the molecule is Cc1cc(N2C(=S)N[C@H](c3ccccn3)[C@@H]2c2ccc(Sc3ccccc3)o2)ccc1NS(C)(=O)=O. The molecule has 36 heavy (non-hydrogen) atoms. The van der Waals surface area contributed by atoms with E-state index in [1.165, 1.54) is 0 Å². The van der Waals surface area contributed by atoms with Crippen molar-refractivity contribution in [3.05, 3.63) is 102 Å². The predicted octanol–water partition coefficient (Wildman–Crippen LogP) is 5.68. The van der Waals surface area contributed by atoms with Gasteiger partial charge in [0.25, 0.3) is 0 Å². The Balaban J connectivity index is 1.53. The number of aromatic nitrogens is 1. The lowest BCUT2D eigenvalue weighted by Gasteiger charge is -2.26. The van der Waals surface area contributed by atoms with Gasteiger partial charge in [-0.1, -0.05) is 36.0 Å². The van der Waals surface area contributed by atoms with Gasteiger partial charge in [0.1, 0.15) is 11.8 Å². The van der Waals surface area contributed by atoms with Crippen molar-refractivity contribution < 1.29 is 12.8 Å². The first-order chi connectivity index (χ1) is 17.3. The Morgan fingerprint density at radius 3 is 2.53 bits per heavy atom. The molecule has 2 atom stereocenters. The number of hydrogen-bond donors (Lipinski definition) is 2. The second-order valence-electron chi connectivity index (χ2n) is 8.44. The molecule has 5 rings (SSSR count). The number of sulfonamides is 1. The number of pyridine rings is 1. The number of thiocarbonyl (C=S) groups is 1. The van der Waals surface area contributed by atoms with Crippen LogP contribution in [0.1, 0.15) is 29.1 Å². The molecule has 0 amide bonds. The Morgan fingerprint density at radius 1 is 1.06 bits per heavy atom. The van der Waals surface area contributed by atoms with E-state index >= 15 is 0 Å². The van der Waals surface area contributed by atoms with Crippen molar-refractivity contribution >= 4 is 50.5 Å². The van der Waals surface area contributed by atoms with Crippen LogP contribution in [0.25, 0.3) is 0 Å². The van der Waals surface area contributed by atoms with Crippen molar-refractivity contribution in [3.63, 3.8) is 0 Å². The van der Waals surface area contributed by atoms with E-state index in [1.807, 2.05) is 84.6 Å². The third-order valence-electron chi connectivity index (χ3n) is 5.74. The zero-order chi connectivity index (χ0) is 25.3. The highest BCUT2D eigenvalue weighted by Gasteiger charge is 2.42. The van der Waals surface area contributed by atoms with Gasteiger partial charge < -0.3 is 14.6 Å². The minimum atomic E-state index is -3.39. The number of nitrogens with zero attached hydrogens (tertiary/aromatic N) is 2. The molecule has 1 fully saturated rings. The first-order valence-electron chi connectivity index (χ1n) is 11.2. The second-order valence-corrected chi connectivity index (χ2v) is 11.7. The molecule has 2 aromatic heterocycles. The lowest BCUT2D eigenvalue weighted by molar-refractivity contribution is 0.383. The molecule has 4 aromatic rings. The number of benzene rings is 2. The highest BCUT2D eigenvalue weighted by Crippen LogP contribution is 2.44. The van der Waals surface area contributed by atoms with Gasteiger partial charge in [-0.25, -0.2) is 8.42 Å². The molecule has 184 valence electrons. The van der Waals surface area contributed by atoms with Crippen molar-refractivity contribution in [2.75, 3.05) is 15.9 Å². The molecule has 1 aliphatic heterocycles. The molecule has 7 nitrogen and oxygen atoms in total. The van der Waals surface area contributed by atoms with Crippen LogP contribution in [0.5, 0.6) is 0 Å². The van der Waals surface area contributed by atoms with Gasteiger partial charge in [-0.2, -0.15) is 0 Å². The van der Waals surface area contributed by atoms with Gasteiger partial charge in [0.2, 0.25) is 10.0 Å².